The van der Waals surface area contributed by atoms with Crippen molar-refractivity contribution in [2.24, 2.45) is 0 Å². The van der Waals surface area contributed by atoms with E-state index in [2.05, 4.69) is 10.2 Å². The molecule has 2 fully saturated rings. The summed E-state index contributed by atoms with van der Waals surface area (Å²) in [7, 11) is 0. The molecule has 1 unspecified atom stereocenters. The number of piperidine rings is 2. The summed E-state index contributed by atoms with van der Waals surface area (Å²) in [5.41, 5.74) is 1.01. The maximum atomic E-state index is 14.3. The Labute approximate surface area is 239 Å². The Hall–Kier alpha value is -3.65. The lowest BCUT2D eigenvalue weighted by atomic mass is 9.68. The Morgan fingerprint density at radius 1 is 0.927 bits per heavy atom. The summed E-state index contributed by atoms with van der Waals surface area (Å²) in [5.74, 6) is -0.230. The van der Waals surface area contributed by atoms with Crippen molar-refractivity contribution in [1.82, 2.24) is 15.1 Å². The highest BCUT2D eigenvalue weighted by Gasteiger charge is 2.48. The first-order chi connectivity index (χ1) is 19.7. The van der Waals surface area contributed by atoms with Gasteiger partial charge in [-0.05, 0) is 55.4 Å². The van der Waals surface area contributed by atoms with Crippen molar-refractivity contribution >= 4 is 11.8 Å². The molecule has 1 N–H and O–H groups in total. The van der Waals surface area contributed by atoms with Gasteiger partial charge in [0.25, 0.3) is 0 Å². The Balaban J connectivity index is 1.22. The number of halogens is 3. The predicted molar refractivity (Wildman–Crippen MR) is 152 cm³/mol. The van der Waals surface area contributed by atoms with Gasteiger partial charge in [-0.15, -0.1) is 0 Å². The van der Waals surface area contributed by atoms with Crippen molar-refractivity contribution < 1.29 is 22.8 Å². The quantitative estimate of drug-likeness (QED) is 0.397. The van der Waals surface area contributed by atoms with Crippen LogP contribution in [0.15, 0.2) is 84.9 Å². The van der Waals surface area contributed by atoms with Gasteiger partial charge < -0.3 is 10.2 Å². The number of alkyl halides is 3. The smallest absolute Gasteiger partial charge is 0.351 e. The minimum Gasteiger partial charge on any atom is -0.351 e. The lowest BCUT2D eigenvalue weighted by Crippen LogP contribution is -2.59. The number of hydrogen-bond donors (Lipinski definition) is 1. The number of nitrogens with zero attached hydrogens (tertiary/aromatic N) is 2. The van der Waals surface area contributed by atoms with Crippen LogP contribution in [-0.4, -0.2) is 53.3 Å². The molecular formula is C33H36F3N3O2. The van der Waals surface area contributed by atoms with Crippen molar-refractivity contribution in [2.75, 3.05) is 19.6 Å². The molecule has 0 radical (unpaired) electrons. The fraction of sp³-hybridized carbons (Fsp3) is 0.394. The van der Waals surface area contributed by atoms with E-state index < -0.39 is 23.2 Å². The number of nitrogens with one attached hydrogen (secondary N) is 1. The first-order valence-corrected chi connectivity index (χ1v) is 14.3. The zero-order chi connectivity index (χ0) is 29.0. The fourth-order valence-corrected chi connectivity index (χ4v) is 6.29. The van der Waals surface area contributed by atoms with Gasteiger partial charge in [0.2, 0.25) is 11.8 Å². The van der Waals surface area contributed by atoms with Crippen LogP contribution in [0.4, 0.5) is 13.2 Å². The Morgan fingerprint density at radius 2 is 1.54 bits per heavy atom. The van der Waals surface area contributed by atoms with Crippen molar-refractivity contribution in [3.05, 3.63) is 107 Å². The molecule has 0 spiro atoms. The number of rotatable bonds is 7. The summed E-state index contributed by atoms with van der Waals surface area (Å²) in [4.78, 5) is 31.5. The molecule has 2 aliphatic heterocycles. The van der Waals surface area contributed by atoms with Crippen molar-refractivity contribution in [2.45, 2.75) is 62.8 Å². The molecule has 2 heterocycles. The highest BCUT2D eigenvalue weighted by atomic mass is 19.4. The van der Waals surface area contributed by atoms with E-state index in [0.717, 1.165) is 23.6 Å². The van der Waals surface area contributed by atoms with Crippen LogP contribution in [0.2, 0.25) is 0 Å². The molecule has 2 aliphatic rings. The number of amides is 2. The zero-order valence-corrected chi connectivity index (χ0v) is 23.2. The van der Waals surface area contributed by atoms with Crippen LogP contribution in [-0.2, 0) is 27.7 Å². The van der Waals surface area contributed by atoms with Crippen molar-refractivity contribution in [3.8, 4) is 0 Å². The highest BCUT2D eigenvalue weighted by molar-refractivity contribution is 5.96. The second-order valence-electron chi connectivity index (χ2n) is 11.2. The minimum atomic E-state index is -4.36. The van der Waals surface area contributed by atoms with E-state index in [-0.39, 0.29) is 17.9 Å². The molecule has 2 amide bonds. The Kier molecular flexibility index (Phi) is 8.50. The van der Waals surface area contributed by atoms with Gasteiger partial charge in [-0.1, -0.05) is 78.9 Å². The Bertz CT molecular complexity index is 1300. The lowest BCUT2D eigenvalue weighted by molar-refractivity contribution is -0.146. The van der Waals surface area contributed by atoms with Crippen LogP contribution >= 0.6 is 0 Å². The fourth-order valence-electron chi connectivity index (χ4n) is 6.29. The van der Waals surface area contributed by atoms with Gasteiger partial charge in [0.05, 0.1) is 11.0 Å². The van der Waals surface area contributed by atoms with E-state index in [1.165, 1.54) is 12.1 Å². The number of carbonyl (C=O) groups excluding carboxylic acids is 2. The summed E-state index contributed by atoms with van der Waals surface area (Å²) in [6.45, 7) is 4.09. The molecule has 0 bridgehead atoms. The monoisotopic (exact) mass is 563 g/mol. The van der Waals surface area contributed by atoms with E-state index >= 15 is 0 Å². The number of carbonyl (C=O) groups is 2. The largest absolute Gasteiger partial charge is 0.416 e. The first kappa shape index (κ1) is 28.9. The molecule has 0 saturated carbocycles. The Morgan fingerprint density at radius 3 is 2.12 bits per heavy atom. The molecule has 0 aromatic heterocycles. The molecule has 3 aromatic carbocycles. The normalized spacial score (nSPS) is 19.1. The van der Waals surface area contributed by atoms with E-state index in [1.807, 2.05) is 60.7 Å². The summed E-state index contributed by atoms with van der Waals surface area (Å²) < 4.78 is 39.2. The maximum absolute atomic E-state index is 14.3. The van der Waals surface area contributed by atoms with E-state index in [0.29, 0.717) is 51.0 Å². The minimum absolute atomic E-state index is 0.0457. The van der Waals surface area contributed by atoms with Crippen LogP contribution in [0.5, 0.6) is 0 Å². The molecule has 216 valence electrons. The van der Waals surface area contributed by atoms with E-state index in [1.54, 1.807) is 17.9 Å². The zero-order valence-electron chi connectivity index (χ0n) is 23.2. The summed E-state index contributed by atoms with van der Waals surface area (Å²) >= 11 is 0. The van der Waals surface area contributed by atoms with E-state index in [4.69, 9.17) is 0 Å². The predicted octanol–water partition coefficient (Wildman–Crippen LogP) is 5.78. The van der Waals surface area contributed by atoms with Gasteiger partial charge in [0, 0.05) is 32.2 Å². The second kappa shape index (κ2) is 12.1. The van der Waals surface area contributed by atoms with E-state index in [9.17, 15) is 22.8 Å². The van der Waals surface area contributed by atoms with Gasteiger partial charge >= 0.3 is 6.18 Å². The van der Waals surface area contributed by atoms with Gasteiger partial charge in [0.15, 0.2) is 0 Å². The maximum Gasteiger partial charge on any atom is 0.416 e. The van der Waals surface area contributed by atoms with Crippen molar-refractivity contribution in [1.29, 1.82) is 0 Å². The highest BCUT2D eigenvalue weighted by Crippen LogP contribution is 2.42. The average Bonchev–Trinajstić information content (AvgIpc) is 2.98. The lowest BCUT2D eigenvalue weighted by Gasteiger charge is -2.44. The molecular weight excluding hydrogens is 527 g/mol. The molecule has 2 saturated heterocycles. The van der Waals surface area contributed by atoms with Gasteiger partial charge in [0.1, 0.15) is 6.04 Å². The van der Waals surface area contributed by atoms with Crippen LogP contribution in [0, 0.1) is 0 Å². The third-order valence-corrected chi connectivity index (χ3v) is 8.55. The topological polar surface area (TPSA) is 52.7 Å². The van der Waals surface area contributed by atoms with Crippen LogP contribution in [0.1, 0.15) is 54.9 Å². The SMILES string of the molecule is CC(C(=O)NC1CCN(Cc2cccc(C(F)(F)F)c2)CC1)N1CCCC(c2ccccc2)(c2ccccc2)C1=O. The average molecular weight is 564 g/mol. The van der Waals surface area contributed by atoms with Crippen LogP contribution < -0.4 is 5.32 Å². The second-order valence-corrected chi connectivity index (χ2v) is 11.2. The molecule has 5 nitrogen and oxygen atoms in total. The number of benzene rings is 3. The van der Waals surface area contributed by atoms with Crippen molar-refractivity contribution in [3.63, 3.8) is 0 Å². The number of hydrogen-bond acceptors (Lipinski definition) is 3. The number of likely N-dealkylation sites (tertiary alicyclic amines) is 2. The van der Waals surface area contributed by atoms with Gasteiger partial charge in [-0.25, -0.2) is 0 Å². The van der Waals surface area contributed by atoms with Crippen LogP contribution in [0.3, 0.4) is 0 Å². The van der Waals surface area contributed by atoms with Crippen LogP contribution in [0.25, 0.3) is 0 Å². The molecule has 3 aromatic rings. The molecule has 8 heteroatoms. The molecule has 41 heavy (non-hydrogen) atoms. The third-order valence-electron chi connectivity index (χ3n) is 8.55. The molecule has 1 atom stereocenters. The first-order valence-electron chi connectivity index (χ1n) is 14.3. The summed E-state index contributed by atoms with van der Waals surface area (Å²) in [5, 5.41) is 3.15. The molecule has 0 aliphatic carbocycles. The molecule has 5 rings (SSSR count). The summed E-state index contributed by atoms with van der Waals surface area (Å²) in [6, 6.07) is 24.4. The van der Waals surface area contributed by atoms with Gasteiger partial charge in [-0.2, -0.15) is 13.2 Å². The standard InChI is InChI=1S/C33H36F3N3O2/c1-24(30(40)37-29-16-20-38(21-17-29)23-25-10-8-15-28(22-25)33(34,35)36)39-19-9-18-32(31(39)41,26-11-4-2-5-12-26)27-13-6-3-7-14-27/h2-8,10-15,22,24,29H,9,16-21,23H2,1H3,(H,37,40). The third kappa shape index (κ3) is 6.17. The summed E-state index contributed by atoms with van der Waals surface area (Å²) in [6.07, 6.45) is -1.51. The van der Waals surface area contributed by atoms with Gasteiger partial charge in [-0.3, -0.25) is 14.5 Å².